The number of nitrogens with one attached hydrogen (secondary N) is 1. The van der Waals surface area contributed by atoms with Crippen molar-refractivity contribution in [1.82, 2.24) is 15.4 Å². The van der Waals surface area contributed by atoms with Crippen LogP contribution >= 0.6 is 0 Å². The molecule has 0 radical (unpaired) electrons. The minimum atomic E-state index is -0.0743. The average molecular weight is 329 g/mol. The number of benzene rings is 1. The van der Waals surface area contributed by atoms with Crippen LogP contribution in [0.5, 0.6) is 5.75 Å². The summed E-state index contributed by atoms with van der Waals surface area (Å²) in [5.74, 6) is 1.57. The van der Waals surface area contributed by atoms with Crippen molar-refractivity contribution >= 4 is 6.03 Å². The van der Waals surface area contributed by atoms with Crippen molar-refractivity contribution in [1.29, 1.82) is 0 Å². The number of likely N-dealkylation sites (tertiary alicyclic amines) is 1. The van der Waals surface area contributed by atoms with E-state index >= 15 is 0 Å². The summed E-state index contributed by atoms with van der Waals surface area (Å²) < 4.78 is 10.6. The van der Waals surface area contributed by atoms with Gasteiger partial charge in [0.15, 0.2) is 5.76 Å². The van der Waals surface area contributed by atoms with Gasteiger partial charge in [0, 0.05) is 19.2 Å². The summed E-state index contributed by atoms with van der Waals surface area (Å²) in [6.07, 6.45) is 2.71. The highest BCUT2D eigenvalue weighted by molar-refractivity contribution is 5.75. The summed E-state index contributed by atoms with van der Waals surface area (Å²) in [7, 11) is 1.63. The zero-order chi connectivity index (χ0) is 16.9. The first-order valence-electron chi connectivity index (χ1n) is 8.34. The van der Waals surface area contributed by atoms with E-state index < -0.39 is 0 Å². The lowest BCUT2D eigenvalue weighted by atomic mass is 10.1. The number of aromatic nitrogens is 1. The van der Waals surface area contributed by atoms with Gasteiger partial charge in [-0.3, -0.25) is 0 Å². The number of rotatable bonds is 5. The number of ether oxygens (including phenoxy) is 1. The second kappa shape index (κ2) is 7.38. The summed E-state index contributed by atoms with van der Waals surface area (Å²) in [6.45, 7) is 3.24. The van der Waals surface area contributed by atoms with Gasteiger partial charge in [0.2, 0.25) is 0 Å². The molecule has 1 aromatic carbocycles. The molecule has 1 aliphatic heterocycles. The van der Waals surface area contributed by atoms with Crippen LogP contribution in [0.15, 0.2) is 34.9 Å². The van der Waals surface area contributed by atoms with Crippen molar-refractivity contribution in [2.45, 2.75) is 38.8 Å². The van der Waals surface area contributed by atoms with Crippen molar-refractivity contribution in [3.8, 4) is 5.75 Å². The third-order valence-corrected chi connectivity index (χ3v) is 4.36. The van der Waals surface area contributed by atoms with Gasteiger partial charge in [0.1, 0.15) is 5.75 Å². The number of amides is 2. The van der Waals surface area contributed by atoms with E-state index in [0.717, 1.165) is 48.6 Å². The fourth-order valence-corrected chi connectivity index (χ4v) is 3.02. The van der Waals surface area contributed by atoms with E-state index in [1.807, 2.05) is 42.2 Å². The molecule has 1 aromatic heterocycles. The molecule has 128 valence electrons. The maximum absolute atomic E-state index is 12.6. The summed E-state index contributed by atoms with van der Waals surface area (Å²) in [6, 6.07) is 9.55. The van der Waals surface area contributed by atoms with Gasteiger partial charge in [-0.25, -0.2) is 4.79 Å². The molecule has 1 unspecified atom stereocenters. The second-order valence-corrected chi connectivity index (χ2v) is 5.94. The normalized spacial score (nSPS) is 17.1. The highest BCUT2D eigenvalue weighted by Crippen LogP contribution is 2.32. The van der Waals surface area contributed by atoms with E-state index in [-0.39, 0.29) is 12.1 Å². The van der Waals surface area contributed by atoms with Crippen molar-refractivity contribution in [3.05, 3.63) is 47.3 Å². The first-order valence-corrected chi connectivity index (χ1v) is 8.34. The lowest BCUT2D eigenvalue weighted by molar-refractivity contribution is 0.182. The standard InChI is InChI=1S/C18H23N3O3/c1-3-14-11-17(24-20-14)16-8-5-9-21(16)18(22)19-12-13-6-4-7-15(10-13)23-2/h4,6-7,10-11,16H,3,5,8-9,12H2,1-2H3,(H,19,22). The third kappa shape index (κ3) is 3.53. The molecule has 24 heavy (non-hydrogen) atoms. The van der Waals surface area contributed by atoms with E-state index in [4.69, 9.17) is 9.26 Å². The zero-order valence-corrected chi connectivity index (χ0v) is 14.1. The highest BCUT2D eigenvalue weighted by atomic mass is 16.5. The van der Waals surface area contributed by atoms with Gasteiger partial charge in [-0.2, -0.15) is 0 Å². The molecule has 2 heterocycles. The first kappa shape index (κ1) is 16.4. The Hall–Kier alpha value is -2.50. The number of aryl methyl sites for hydroxylation is 1. The minimum Gasteiger partial charge on any atom is -0.497 e. The van der Waals surface area contributed by atoms with Crippen molar-refractivity contribution < 1.29 is 14.1 Å². The predicted octanol–water partition coefficient (Wildman–Crippen LogP) is 3.29. The minimum absolute atomic E-state index is 0.0249. The number of urea groups is 1. The Morgan fingerprint density at radius 1 is 1.46 bits per heavy atom. The Morgan fingerprint density at radius 3 is 3.08 bits per heavy atom. The number of carbonyl (C=O) groups is 1. The van der Waals surface area contributed by atoms with Crippen LogP contribution in [-0.4, -0.2) is 29.7 Å². The molecule has 6 nitrogen and oxygen atoms in total. The predicted molar refractivity (Wildman–Crippen MR) is 89.8 cm³/mol. The molecular formula is C18H23N3O3. The van der Waals surface area contributed by atoms with Gasteiger partial charge in [0.25, 0.3) is 0 Å². The van der Waals surface area contributed by atoms with Gasteiger partial charge in [0.05, 0.1) is 18.8 Å². The first-order chi connectivity index (χ1) is 11.7. The highest BCUT2D eigenvalue weighted by Gasteiger charge is 2.32. The Kier molecular flexibility index (Phi) is 5.03. The molecule has 1 fully saturated rings. The maximum Gasteiger partial charge on any atom is 0.318 e. The summed E-state index contributed by atoms with van der Waals surface area (Å²) in [5, 5.41) is 7.02. The Morgan fingerprint density at radius 2 is 2.33 bits per heavy atom. The van der Waals surface area contributed by atoms with Gasteiger partial charge in [-0.1, -0.05) is 24.2 Å². The van der Waals surface area contributed by atoms with Gasteiger partial charge >= 0.3 is 6.03 Å². The van der Waals surface area contributed by atoms with Crippen LogP contribution in [0.1, 0.15) is 42.8 Å². The largest absolute Gasteiger partial charge is 0.497 e. The molecule has 1 N–H and O–H groups in total. The fraction of sp³-hybridized carbons (Fsp3) is 0.444. The number of hydrogen-bond donors (Lipinski definition) is 1. The summed E-state index contributed by atoms with van der Waals surface area (Å²) >= 11 is 0. The van der Waals surface area contributed by atoms with Crippen LogP contribution in [0.2, 0.25) is 0 Å². The number of hydrogen-bond acceptors (Lipinski definition) is 4. The van der Waals surface area contributed by atoms with Crippen molar-refractivity contribution in [2.75, 3.05) is 13.7 Å². The van der Waals surface area contributed by atoms with Gasteiger partial charge in [-0.05, 0) is 37.0 Å². The van der Waals surface area contributed by atoms with Crippen LogP contribution in [0.4, 0.5) is 4.79 Å². The number of methoxy groups -OCH3 is 1. The molecule has 1 atom stereocenters. The topological polar surface area (TPSA) is 67.6 Å². The molecule has 2 amide bonds. The van der Waals surface area contributed by atoms with E-state index in [0.29, 0.717) is 6.54 Å². The zero-order valence-electron chi connectivity index (χ0n) is 14.1. The molecular weight excluding hydrogens is 306 g/mol. The summed E-state index contributed by atoms with van der Waals surface area (Å²) in [4.78, 5) is 14.4. The van der Waals surface area contributed by atoms with Crippen LogP contribution in [0, 0.1) is 0 Å². The smallest absolute Gasteiger partial charge is 0.318 e. The Balaban J connectivity index is 1.63. The SMILES string of the molecule is CCc1cc(C2CCCN2C(=O)NCc2cccc(OC)c2)on1. The Labute approximate surface area is 141 Å². The van der Waals surface area contributed by atoms with Gasteiger partial charge in [-0.15, -0.1) is 0 Å². The van der Waals surface area contributed by atoms with Crippen LogP contribution < -0.4 is 10.1 Å². The molecule has 6 heteroatoms. The monoisotopic (exact) mass is 329 g/mol. The van der Waals surface area contributed by atoms with E-state index in [9.17, 15) is 4.79 Å². The van der Waals surface area contributed by atoms with Crippen molar-refractivity contribution in [2.24, 2.45) is 0 Å². The lowest BCUT2D eigenvalue weighted by Gasteiger charge is -2.23. The number of carbonyl (C=O) groups excluding carboxylic acids is 1. The number of nitrogens with zero attached hydrogens (tertiary/aromatic N) is 2. The molecule has 0 spiro atoms. The van der Waals surface area contributed by atoms with Crippen molar-refractivity contribution in [3.63, 3.8) is 0 Å². The van der Waals surface area contributed by atoms with E-state index in [2.05, 4.69) is 10.5 Å². The molecule has 3 rings (SSSR count). The molecule has 1 saturated heterocycles. The molecule has 1 aliphatic rings. The third-order valence-electron chi connectivity index (χ3n) is 4.36. The quantitative estimate of drug-likeness (QED) is 0.914. The molecule has 0 saturated carbocycles. The summed E-state index contributed by atoms with van der Waals surface area (Å²) in [5.41, 5.74) is 1.93. The fourth-order valence-electron chi connectivity index (χ4n) is 3.02. The van der Waals surface area contributed by atoms with Crippen LogP contribution in [0.3, 0.4) is 0 Å². The second-order valence-electron chi connectivity index (χ2n) is 5.94. The van der Waals surface area contributed by atoms with E-state index in [1.54, 1.807) is 7.11 Å². The average Bonchev–Trinajstić information content (AvgIpc) is 3.28. The Bertz CT molecular complexity index is 698. The van der Waals surface area contributed by atoms with Gasteiger partial charge < -0.3 is 19.5 Å². The maximum atomic E-state index is 12.6. The van der Waals surface area contributed by atoms with E-state index in [1.165, 1.54) is 0 Å². The molecule has 2 aromatic rings. The molecule has 0 bridgehead atoms. The van der Waals surface area contributed by atoms with Crippen LogP contribution in [-0.2, 0) is 13.0 Å². The lowest BCUT2D eigenvalue weighted by Crippen LogP contribution is -2.39. The van der Waals surface area contributed by atoms with Crippen LogP contribution in [0.25, 0.3) is 0 Å². The molecule has 0 aliphatic carbocycles.